The van der Waals surface area contributed by atoms with Gasteiger partial charge in [-0.25, -0.2) is 4.79 Å². The lowest BCUT2D eigenvalue weighted by Gasteiger charge is -2.25. The number of rotatable bonds is 74. The molecular formula is C77H152NO8+. The molecule has 0 rings (SSSR count). The zero-order chi connectivity index (χ0) is 62.6. The van der Waals surface area contributed by atoms with Gasteiger partial charge in [0.2, 0.25) is 0 Å². The van der Waals surface area contributed by atoms with Crippen LogP contribution in [0.25, 0.3) is 0 Å². The molecule has 0 aromatic rings. The molecular weight excluding hydrogens is 1070 g/mol. The monoisotopic (exact) mass is 1220 g/mol. The maximum Gasteiger partial charge on any atom is 0.361 e. The molecule has 0 aliphatic heterocycles. The molecule has 0 bridgehead atoms. The Bertz CT molecular complexity index is 1370. The van der Waals surface area contributed by atoms with Gasteiger partial charge in [0.1, 0.15) is 13.2 Å². The molecule has 86 heavy (non-hydrogen) atoms. The molecule has 2 unspecified atom stereocenters. The fraction of sp³-hybridized carbons (Fsp3) is 0.961. The first kappa shape index (κ1) is 84.3. The second-order valence-corrected chi connectivity index (χ2v) is 28.0. The van der Waals surface area contributed by atoms with Crippen molar-refractivity contribution in [2.24, 2.45) is 0 Å². The molecule has 0 fully saturated rings. The highest BCUT2D eigenvalue weighted by Crippen LogP contribution is 2.20. The van der Waals surface area contributed by atoms with Gasteiger partial charge in [-0.3, -0.25) is 9.59 Å². The summed E-state index contributed by atoms with van der Waals surface area (Å²) in [4.78, 5) is 37.6. The van der Waals surface area contributed by atoms with Crippen molar-refractivity contribution >= 4 is 17.9 Å². The van der Waals surface area contributed by atoms with Gasteiger partial charge in [0.05, 0.1) is 34.4 Å². The van der Waals surface area contributed by atoms with Crippen LogP contribution in [0.15, 0.2) is 0 Å². The number of carboxylic acids is 1. The van der Waals surface area contributed by atoms with E-state index < -0.39 is 18.4 Å². The first-order chi connectivity index (χ1) is 42.1. The average Bonchev–Trinajstić information content (AvgIpc) is 3.60. The zero-order valence-corrected chi connectivity index (χ0v) is 58.8. The highest BCUT2D eigenvalue weighted by molar-refractivity contribution is 5.71. The van der Waals surface area contributed by atoms with Gasteiger partial charge in [0, 0.05) is 12.8 Å². The third-order valence-corrected chi connectivity index (χ3v) is 18.1. The SMILES string of the molecule is CCCCCCCCCCCCCCCCCCCCCCCCCCCCCCCCCCCCCCCCCCC(=O)OC(COC(=O)CCCCCCCCCCCCCCCCCCCCCCC)COC(OCC[N+](C)(C)C)C(=O)O. The number of carbonyl (C=O) groups is 3. The van der Waals surface area contributed by atoms with Crippen LogP contribution in [0.4, 0.5) is 0 Å². The maximum absolute atomic E-state index is 13.0. The predicted molar refractivity (Wildman–Crippen MR) is 369 cm³/mol. The van der Waals surface area contributed by atoms with Crippen LogP contribution in [0.2, 0.25) is 0 Å². The van der Waals surface area contributed by atoms with Crippen molar-refractivity contribution in [2.45, 2.75) is 431 Å². The molecule has 0 saturated carbocycles. The molecule has 0 aliphatic carbocycles. The summed E-state index contributed by atoms with van der Waals surface area (Å²) in [5.41, 5.74) is 0. The molecule has 0 spiro atoms. The van der Waals surface area contributed by atoms with Gasteiger partial charge in [-0.15, -0.1) is 0 Å². The van der Waals surface area contributed by atoms with E-state index in [0.29, 0.717) is 17.4 Å². The fourth-order valence-electron chi connectivity index (χ4n) is 12.2. The van der Waals surface area contributed by atoms with Crippen LogP contribution < -0.4 is 0 Å². The molecule has 512 valence electrons. The van der Waals surface area contributed by atoms with Gasteiger partial charge in [0.25, 0.3) is 6.29 Å². The largest absolute Gasteiger partial charge is 0.477 e. The van der Waals surface area contributed by atoms with E-state index >= 15 is 0 Å². The Labute approximate surface area is 536 Å². The van der Waals surface area contributed by atoms with E-state index in [1.807, 2.05) is 21.1 Å². The highest BCUT2D eigenvalue weighted by atomic mass is 16.7. The molecule has 1 N–H and O–H groups in total. The van der Waals surface area contributed by atoms with Gasteiger partial charge in [-0.2, -0.15) is 0 Å². The first-order valence-corrected chi connectivity index (χ1v) is 38.7. The summed E-state index contributed by atoms with van der Waals surface area (Å²) in [6.07, 6.45) is 81.2. The number of unbranched alkanes of at least 4 members (excludes halogenated alkanes) is 59. The van der Waals surface area contributed by atoms with Crippen molar-refractivity contribution in [3.05, 3.63) is 0 Å². The molecule has 0 amide bonds. The van der Waals surface area contributed by atoms with Crippen molar-refractivity contribution in [3.8, 4) is 0 Å². The summed E-state index contributed by atoms with van der Waals surface area (Å²) in [6, 6.07) is 0. The van der Waals surface area contributed by atoms with Crippen molar-refractivity contribution in [1.29, 1.82) is 0 Å². The number of esters is 2. The number of quaternary nitrogens is 1. The van der Waals surface area contributed by atoms with E-state index in [-0.39, 0.29) is 38.2 Å². The van der Waals surface area contributed by atoms with E-state index in [0.717, 1.165) is 38.5 Å². The lowest BCUT2D eigenvalue weighted by molar-refractivity contribution is -0.870. The molecule has 0 aromatic carbocycles. The minimum absolute atomic E-state index is 0.172. The second-order valence-electron chi connectivity index (χ2n) is 28.0. The smallest absolute Gasteiger partial charge is 0.361 e. The molecule has 2 atom stereocenters. The van der Waals surface area contributed by atoms with E-state index in [1.54, 1.807) is 0 Å². The third-order valence-electron chi connectivity index (χ3n) is 18.1. The van der Waals surface area contributed by atoms with Crippen LogP contribution in [-0.4, -0.2) is 87.4 Å². The Balaban J connectivity index is 3.90. The van der Waals surface area contributed by atoms with Crippen LogP contribution >= 0.6 is 0 Å². The van der Waals surface area contributed by atoms with Gasteiger partial charge in [0.15, 0.2) is 6.10 Å². The Morgan fingerprint density at radius 1 is 0.302 bits per heavy atom. The second kappa shape index (κ2) is 69.2. The van der Waals surface area contributed by atoms with E-state index in [2.05, 4.69) is 13.8 Å². The Kier molecular flexibility index (Phi) is 67.8. The Morgan fingerprint density at radius 3 is 0.744 bits per heavy atom. The van der Waals surface area contributed by atoms with Crippen LogP contribution in [0.1, 0.15) is 418 Å². The summed E-state index contributed by atoms with van der Waals surface area (Å²) in [6.45, 7) is 4.98. The minimum atomic E-state index is -1.50. The zero-order valence-electron chi connectivity index (χ0n) is 58.8. The topological polar surface area (TPSA) is 108 Å². The Hall–Kier alpha value is -1.71. The van der Waals surface area contributed by atoms with E-state index in [1.165, 1.54) is 353 Å². The number of hydrogen-bond acceptors (Lipinski definition) is 7. The molecule has 9 heteroatoms. The van der Waals surface area contributed by atoms with Crippen molar-refractivity contribution in [1.82, 2.24) is 0 Å². The molecule has 0 aliphatic rings. The highest BCUT2D eigenvalue weighted by Gasteiger charge is 2.25. The normalized spacial score (nSPS) is 12.5. The van der Waals surface area contributed by atoms with Gasteiger partial charge >= 0.3 is 17.9 Å². The first-order valence-electron chi connectivity index (χ1n) is 38.7. The average molecular weight is 1220 g/mol. The summed E-state index contributed by atoms with van der Waals surface area (Å²) in [5, 5.41) is 9.75. The summed E-state index contributed by atoms with van der Waals surface area (Å²) in [5.74, 6) is -1.96. The summed E-state index contributed by atoms with van der Waals surface area (Å²) < 4.78 is 23.0. The van der Waals surface area contributed by atoms with E-state index in [9.17, 15) is 19.5 Å². The van der Waals surface area contributed by atoms with Gasteiger partial charge < -0.3 is 28.5 Å². The van der Waals surface area contributed by atoms with E-state index in [4.69, 9.17) is 18.9 Å². The number of carboxylic acid groups (broad SMARTS) is 1. The third kappa shape index (κ3) is 69.8. The summed E-state index contributed by atoms with van der Waals surface area (Å²) in [7, 11) is 6.00. The standard InChI is InChI=1S/C77H151NO8/c1-6-8-10-12-14-16-18-20-22-24-26-28-29-30-31-32-33-34-35-36-37-38-39-40-41-42-43-44-45-46-48-50-52-54-56-58-60-62-64-66-68-75(80)86-73(72-85-77(76(81)82)83-70-69-78(3,4)5)71-84-74(79)67-65-63-61-59-57-55-53-51-49-47-27-25-23-21-19-17-15-13-11-9-7-2/h73,77H,6-72H2,1-5H3/p+1. The molecule has 0 saturated heterocycles. The number of hydrogen-bond donors (Lipinski definition) is 1. The molecule has 0 radical (unpaired) electrons. The number of aliphatic carboxylic acids is 1. The molecule has 0 heterocycles. The van der Waals surface area contributed by atoms with Crippen molar-refractivity contribution in [3.63, 3.8) is 0 Å². The van der Waals surface area contributed by atoms with Crippen molar-refractivity contribution in [2.75, 3.05) is 47.5 Å². The number of carbonyl (C=O) groups excluding carboxylic acids is 2. The molecule has 9 nitrogen and oxygen atoms in total. The minimum Gasteiger partial charge on any atom is -0.477 e. The van der Waals surface area contributed by atoms with Gasteiger partial charge in [-0.05, 0) is 12.8 Å². The lowest BCUT2D eigenvalue weighted by atomic mass is 10.0. The molecule has 0 aromatic heterocycles. The predicted octanol–water partition coefficient (Wildman–Crippen LogP) is 24.2. The quantitative estimate of drug-likeness (QED) is 0.0278. The maximum atomic E-state index is 13.0. The van der Waals surface area contributed by atoms with Crippen LogP contribution in [0.3, 0.4) is 0 Å². The van der Waals surface area contributed by atoms with Crippen molar-refractivity contribution < 1.29 is 42.9 Å². The van der Waals surface area contributed by atoms with Crippen LogP contribution in [0.5, 0.6) is 0 Å². The van der Waals surface area contributed by atoms with Crippen LogP contribution in [-0.2, 0) is 33.3 Å². The fourth-order valence-corrected chi connectivity index (χ4v) is 12.2. The lowest BCUT2D eigenvalue weighted by Crippen LogP contribution is -2.40. The van der Waals surface area contributed by atoms with Crippen LogP contribution in [0, 0.1) is 0 Å². The number of ether oxygens (including phenoxy) is 4. The summed E-state index contributed by atoms with van der Waals surface area (Å²) >= 11 is 0. The number of likely N-dealkylation sites (N-methyl/N-ethyl adjacent to an activating group) is 1. The number of nitrogens with zero attached hydrogens (tertiary/aromatic N) is 1. The Morgan fingerprint density at radius 2 is 0.523 bits per heavy atom. The van der Waals surface area contributed by atoms with Gasteiger partial charge in [-0.1, -0.05) is 393 Å².